The molecule has 1 unspecified atom stereocenters. The summed E-state index contributed by atoms with van der Waals surface area (Å²) in [5.41, 5.74) is 6.51. The van der Waals surface area contributed by atoms with Crippen molar-refractivity contribution in [1.29, 1.82) is 0 Å². The summed E-state index contributed by atoms with van der Waals surface area (Å²) in [7, 11) is -1.58. The van der Waals surface area contributed by atoms with Crippen molar-refractivity contribution in [3.63, 3.8) is 0 Å². The van der Waals surface area contributed by atoms with Crippen LogP contribution in [-0.4, -0.2) is 24.5 Å². The second-order valence-electron chi connectivity index (χ2n) is 12.6. The SMILES string of the molecule is CCn1c(CCCc2ccc(-c3cccc(CC(=O)NS(=O)c4ccccc4)c3)cc2)nn(Cc2ccc(C(C)(C)C)cc2)c1=O. The molecule has 0 aliphatic carbocycles. The number of hydrogen-bond acceptors (Lipinski definition) is 4. The van der Waals surface area contributed by atoms with Crippen LogP contribution in [-0.2, 0) is 53.5 Å². The molecular formula is C38H42N4O3S. The number of rotatable bonds is 12. The van der Waals surface area contributed by atoms with E-state index >= 15 is 0 Å². The van der Waals surface area contributed by atoms with E-state index in [9.17, 15) is 13.8 Å². The van der Waals surface area contributed by atoms with Crippen molar-refractivity contribution in [1.82, 2.24) is 19.1 Å². The smallest absolute Gasteiger partial charge is 0.279 e. The van der Waals surface area contributed by atoms with Crippen LogP contribution >= 0.6 is 0 Å². The largest absolute Gasteiger partial charge is 0.346 e. The molecule has 0 aliphatic heterocycles. The molecule has 1 aromatic heterocycles. The number of carbonyl (C=O) groups is 1. The Labute approximate surface area is 273 Å². The summed E-state index contributed by atoms with van der Waals surface area (Å²) in [5.74, 6) is 0.534. The van der Waals surface area contributed by atoms with Gasteiger partial charge in [0.25, 0.3) is 0 Å². The van der Waals surface area contributed by atoms with E-state index in [0.29, 0.717) is 18.0 Å². The molecule has 0 radical (unpaired) electrons. The van der Waals surface area contributed by atoms with Gasteiger partial charge in [-0.1, -0.05) is 112 Å². The van der Waals surface area contributed by atoms with Crippen LogP contribution < -0.4 is 10.4 Å². The van der Waals surface area contributed by atoms with E-state index in [-0.39, 0.29) is 23.4 Å². The van der Waals surface area contributed by atoms with Crippen LogP contribution in [0.2, 0.25) is 0 Å². The van der Waals surface area contributed by atoms with E-state index in [2.05, 4.69) is 74.0 Å². The van der Waals surface area contributed by atoms with Crippen molar-refractivity contribution < 1.29 is 9.00 Å². The highest BCUT2D eigenvalue weighted by molar-refractivity contribution is 7.83. The summed E-state index contributed by atoms with van der Waals surface area (Å²) in [6, 6.07) is 33.7. The molecule has 238 valence electrons. The van der Waals surface area contributed by atoms with Gasteiger partial charge in [0, 0.05) is 13.0 Å². The average molecular weight is 635 g/mol. The molecule has 0 aliphatic rings. The quantitative estimate of drug-likeness (QED) is 0.167. The van der Waals surface area contributed by atoms with Crippen LogP contribution in [0.4, 0.5) is 0 Å². The fraction of sp³-hybridized carbons (Fsp3) is 0.289. The Morgan fingerprint density at radius 3 is 2.17 bits per heavy atom. The Kier molecular flexibility index (Phi) is 10.5. The summed E-state index contributed by atoms with van der Waals surface area (Å²) in [6.07, 6.45) is 2.62. The summed E-state index contributed by atoms with van der Waals surface area (Å²) in [5, 5.41) is 4.71. The third kappa shape index (κ3) is 8.37. The molecule has 46 heavy (non-hydrogen) atoms. The van der Waals surface area contributed by atoms with Gasteiger partial charge in [0.2, 0.25) is 5.91 Å². The molecule has 0 saturated heterocycles. The van der Waals surface area contributed by atoms with E-state index in [1.165, 1.54) is 11.1 Å². The first-order valence-corrected chi connectivity index (χ1v) is 17.0. The lowest BCUT2D eigenvalue weighted by Gasteiger charge is -2.19. The number of aryl methyl sites for hydroxylation is 2. The summed E-state index contributed by atoms with van der Waals surface area (Å²) >= 11 is 0. The molecule has 1 atom stereocenters. The fourth-order valence-corrected chi connectivity index (χ4v) is 6.28. The predicted molar refractivity (Wildman–Crippen MR) is 185 cm³/mol. The minimum Gasteiger partial charge on any atom is -0.279 e. The number of aromatic nitrogens is 3. The molecule has 8 heteroatoms. The van der Waals surface area contributed by atoms with Gasteiger partial charge >= 0.3 is 5.69 Å². The minimum absolute atomic E-state index is 0.0640. The van der Waals surface area contributed by atoms with Crippen LogP contribution in [0.1, 0.15) is 62.2 Å². The van der Waals surface area contributed by atoms with E-state index < -0.39 is 11.0 Å². The highest BCUT2D eigenvalue weighted by Crippen LogP contribution is 2.23. The van der Waals surface area contributed by atoms with E-state index in [1.807, 2.05) is 37.3 Å². The van der Waals surface area contributed by atoms with Gasteiger partial charge in [0.05, 0.1) is 17.9 Å². The zero-order valence-corrected chi connectivity index (χ0v) is 27.8. The van der Waals surface area contributed by atoms with E-state index in [4.69, 9.17) is 5.10 Å². The van der Waals surface area contributed by atoms with Crippen LogP contribution in [0.25, 0.3) is 11.1 Å². The number of carbonyl (C=O) groups excluding carboxylic acids is 1. The number of nitrogens with one attached hydrogen (secondary N) is 1. The minimum atomic E-state index is -1.58. The van der Waals surface area contributed by atoms with Crippen molar-refractivity contribution in [3.05, 3.63) is 142 Å². The summed E-state index contributed by atoms with van der Waals surface area (Å²) in [6.45, 7) is 9.63. The number of hydrogen-bond donors (Lipinski definition) is 1. The molecule has 7 nitrogen and oxygen atoms in total. The van der Waals surface area contributed by atoms with Gasteiger partial charge in [-0.2, -0.15) is 5.10 Å². The highest BCUT2D eigenvalue weighted by atomic mass is 32.2. The predicted octanol–water partition coefficient (Wildman–Crippen LogP) is 6.63. The molecule has 0 fully saturated rings. The van der Waals surface area contributed by atoms with Gasteiger partial charge in [-0.15, -0.1) is 0 Å². The lowest BCUT2D eigenvalue weighted by molar-refractivity contribution is -0.118. The van der Waals surface area contributed by atoms with Crippen molar-refractivity contribution in [3.8, 4) is 11.1 Å². The number of amides is 1. The third-order valence-electron chi connectivity index (χ3n) is 8.08. The van der Waals surface area contributed by atoms with Crippen LogP contribution in [0.15, 0.2) is 113 Å². The van der Waals surface area contributed by atoms with Crippen molar-refractivity contribution in [2.45, 2.75) is 76.8 Å². The Balaban J connectivity index is 1.16. The third-order valence-corrected chi connectivity index (χ3v) is 9.19. The van der Waals surface area contributed by atoms with Gasteiger partial charge in [-0.25, -0.2) is 13.7 Å². The Bertz CT molecular complexity index is 1850. The first kappa shape index (κ1) is 32.8. The standard InChI is InChI=1S/C38H42N4O3S/c1-5-41-35(39-42(37(41)44)27-29-19-23-33(24-20-29)38(2,3)4)16-10-11-28-17-21-31(22-18-28)32-13-9-12-30(25-32)26-36(43)40-46(45)34-14-7-6-8-15-34/h6-9,12-15,17-25H,5,10-11,16,26-27H2,1-4H3,(H,40,43). The van der Waals surface area contributed by atoms with Crippen molar-refractivity contribution in [2.24, 2.45) is 0 Å². The maximum Gasteiger partial charge on any atom is 0.346 e. The Morgan fingerprint density at radius 1 is 0.804 bits per heavy atom. The second-order valence-corrected chi connectivity index (χ2v) is 13.8. The molecule has 5 rings (SSSR count). The first-order chi connectivity index (χ1) is 22.1. The van der Waals surface area contributed by atoms with Gasteiger partial charge in [0.1, 0.15) is 5.82 Å². The van der Waals surface area contributed by atoms with Gasteiger partial charge in [-0.05, 0) is 70.7 Å². The van der Waals surface area contributed by atoms with Crippen molar-refractivity contribution >= 4 is 16.9 Å². The Hall–Kier alpha value is -4.56. The van der Waals surface area contributed by atoms with Crippen LogP contribution in [0, 0.1) is 0 Å². The zero-order valence-electron chi connectivity index (χ0n) is 27.0. The lowest BCUT2D eigenvalue weighted by Crippen LogP contribution is -2.27. The fourth-order valence-electron chi connectivity index (χ4n) is 5.48. The first-order valence-electron chi connectivity index (χ1n) is 15.8. The second kappa shape index (κ2) is 14.7. The molecular weight excluding hydrogens is 593 g/mol. The molecule has 1 amide bonds. The van der Waals surface area contributed by atoms with Gasteiger partial charge in [-0.3, -0.25) is 14.1 Å². The zero-order chi connectivity index (χ0) is 32.7. The van der Waals surface area contributed by atoms with Crippen molar-refractivity contribution in [2.75, 3.05) is 0 Å². The van der Waals surface area contributed by atoms with Gasteiger partial charge in [0.15, 0.2) is 11.0 Å². The maximum absolute atomic E-state index is 13.1. The summed E-state index contributed by atoms with van der Waals surface area (Å²) < 4.78 is 18.4. The van der Waals surface area contributed by atoms with E-state index in [0.717, 1.165) is 47.3 Å². The molecule has 0 bridgehead atoms. The molecule has 1 N–H and O–H groups in total. The average Bonchev–Trinajstić information content (AvgIpc) is 3.34. The van der Waals surface area contributed by atoms with Gasteiger partial charge < -0.3 is 0 Å². The highest BCUT2D eigenvalue weighted by Gasteiger charge is 2.15. The number of benzene rings is 4. The Morgan fingerprint density at radius 2 is 1.50 bits per heavy atom. The van der Waals surface area contributed by atoms with E-state index in [1.54, 1.807) is 33.5 Å². The topological polar surface area (TPSA) is 86.0 Å². The molecule has 5 aromatic rings. The normalized spacial score (nSPS) is 12.2. The number of nitrogens with zero attached hydrogens (tertiary/aromatic N) is 3. The van der Waals surface area contributed by atoms with Crippen LogP contribution in [0.3, 0.4) is 0 Å². The molecule has 0 spiro atoms. The lowest BCUT2D eigenvalue weighted by atomic mass is 9.87. The molecule has 0 saturated carbocycles. The molecule has 1 heterocycles. The maximum atomic E-state index is 13.1. The molecule has 4 aromatic carbocycles. The summed E-state index contributed by atoms with van der Waals surface area (Å²) in [4.78, 5) is 26.2. The monoisotopic (exact) mass is 634 g/mol. The van der Waals surface area contributed by atoms with Crippen LogP contribution in [0.5, 0.6) is 0 Å².